The number of hydrogen-bond donors (Lipinski definition) is 2. The van der Waals surface area contributed by atoms with E-state index in [0.717, 1.165) is 25.9 Å². The molecule has 0 aromatic carbocycles. The standard InChI is InChI=1S/C9H15NO/c1-3-9(2,11)8-5-4-6-10-7-8/h1,8,10-11H,4-7H2,2H3. The summed E-state index contributed by atoms with van der Waals surface area (Å²) in [7, 11) is 0. The summed E-state index contributed by atoms with van der Waals surface area (Å²) in [5.41, 5.74) is -0.923. The Labute approximate surface area is 68.0 Å². The summed E-state index contributed by atoms with van der Waals surface area (Å²) in [6, 6.07) is 0. The lowest BCUT2D eigenvalue weighted by molar-refractivity contribution is 0.0435. The van der Waals surface area contributed by atoms with E-state index in [4.69, 9.17) is 6.42 Å². The highest BCUT2D eigenvalue weighted by molar-refractivity contribution is 5.08. The van der Waals surface area contributed by atoms with Crippen molar-refractivity contribution in [1.29, 1.82) is 0 Å². The molecule has 0 aromatic rings. The molecule has 1 aliphatic rings. The summed E-state index contributed by atoms with van der Waals surface area (Å²) in [6.07, 6.45) is 7.35. The minimum atomic E-state index is -0.923. The van der Waals surface area contributed by atoms with Crippen molar-refractivity contribution in [2.24, 2.45) is 5.92 Å². The maximum absolute atomic E-state index is 9.67. The second-order valence-corrected chi connectivity index (χ2v) is 3.34. The van der Waals surface area contributed by atoms with Crippen LogP contribution in [0.5, 0.6) is 0 Å². The number of hydrogen-bond acceptors (Lipinski definition) is 2. The second kappa shape index (κ2) is 3.25. The van der Waals surface area contributed by atoms with Gasteiger partial charge in [0.1, 0.15) is 5.60 Å². The van der Waals surface area contributed by atoms with Crippen LogP contribution in [0.1, 0.15) is 19.8 Å². The van der Waals surface area contributed by atoms with Crippen LogP contribution in [0.2, 0.25) is 0 Å². The van der Waals surface area contributed by atoms with Crippen molar-refractivity contribution < 1.29 is 5.11 Å². The molecule has 0 spiro atoms. The Hall–Kier alpha value is -0.520. The number of aliphatic hydroxyl groups is 1. The first-order chi connectivity index (χ1) is 5.17. The molecular formula is C9H15NO. The van der Waals surface area contributed by atoms with Gasteiger partial charge < -0.3 is 10.4 Å². The van der Waals surface area contributed by atoms with E-state index in [2.05, 4.69) is 11.2 Å². The van der Waals surface area contributed by atoms with E-state index in [-0.39, 0.29) is 5.92 Å². The van der Waals surface area contributed by atoms with Crippen LogP contribution >= 0.6 is 0 Å². The monoisotopic (exact) mass is 153 g/mol. The molecule has 1 fully saturated rings. The fourth-order valence-corrected chi connectivity index (χ4v) is 1.45. The molecule has 2 N–H and O–H groups in total. The highest BCUT2D eigenvalue weighted by Gasteiger charge is 2.30. The van der Waals surface area contributed by atoms with Gasteiger partial charge in [0.05, 0.1) is 0 Å². The largest absolute Gasteiger partial charge is 0.378 e. The quantitative estimate of drug-likeness (QED) is 0.533. The molecular weight excluding hydrogens is 138 g/mol. The zero-order valence-corrected chi connectivity index (χ0v) is 6.93. The van der Waals surface area contributed by atoms with E-state index in [1.807, 2.05) is 0 Å². The first kappa shape index (κ1) is 8.58. The maximum atomic E-state index is 9.67. The highest BCUT2D eigenvalue weighted by Crippen LogP contribution is 2.22. The minimum absolute atomic E-state index is 0.223. The highest BCUT2D eigenvalue weighted by atomic mass is 16.3. The molecule has 1 aliphatic heterocycles. The van der Waals surface area contributed by atoms with Gasteiger partial charge in [-0.3, -0.25) is 0 Å². The van der Waals surface area contributed by atoms with E-state index < -0.39 is 5.60 Å². The molecule has 0 aliphatic carbocycles. The predicted molar refractivity (Wildman–Crippen MR) is 45.1 cm³/mol. The van der Waals surface area contributed by atoms with Gasteiger partial charge in [0.25, 0.3) is 0 Å². The zero-order valence-electron chi connectivity index (χ0n) is 6.93. The lowest BCUT2D eigenvalue weighted by Crippen LogP contribution is -2.43. The van der Waals surface area contributed by atoms with E-state index in [1.165, 1.54) is 0 Å². The minimum Gasteiger partial charge on any atom is -0.378 e. The molecule has 0 aromatic heterocycles. The topological polar surface area (TPSA) is 32.3 Å². The van der Waals surface area contributed by atoms with Crippen LogP contribution in [-0.4, -0.2) is 23.8 Å². The average Bonchev–Trinajstić information content (AvgIpc) is 2.06. The second-order valence-electron chi connectivity index (χ2n) is 3.34. The summed E-state index contributed by atoms with van der Waals surface area (Å²) >= 11 is 0. The Morgan fingerprint density at radius 2 is 2.45 bits per heavy atom. The van der Waals surface area contributed by atoms with Gasteiger partial charge in [0.15, 0.2) is 0 Å². The van der Waals surface area contributed by atoms with Crippen LogP contribution < -0.4 is 5.32 Å². The van der Waals surface area contributed by atoms with E-state index in [1.54, 1.807) is 6.92 Å². The normalized spacial score (nSPS) is 30.5. The van der Waals surface area contributed by atoms with E-state index >= 15 is 0 Å². The molecule has 1 heterocycles. The summed E-state index contributed by atoms with van der Waals surface area (Å²) in [4.78, 5) is 0. The SMILES string of the molecule is C#CC(C)(O)C1CCCNC1. The first-order valence-electron chi connectivity index (χ1n) is 4.07. The molecule has 2 heteroatoms. The van der Waals surface area contributed by atoms with Crippen LogP contribution in [-0.2, 0) is 0 Å². The van der Waals surface area contributed by atoms with Crippen LogP contribution in [0.4, 0.5) is 0 Å². The van der Waals surface area contributed by atoms with Crippen LogP contribution in [0, 0.1) is 18.3 Å². The first-order valence-corrected chi connectivity index (χ1v) is 4.07. The van der Waals surface area contributed by atoms with Gasteiger partial charge >= 0.3 is 0 Å². The molecule has 2 nitrogen and oxygen atoms in total. The Morgan fingerprint density at radius 3 is 2.91 bits per heavy atom. The smallest absolute Gasteiger partial charge is 0.126 e. The fourth-order valence-electron chi connectivity index (χ4n) is 1.45. The number of terminal acetylenes is 1. The third-order valence-electron chi connectivity index (χ3n) is 2.38. The third kappa shape index (κ3) is 1.95. The molecule has 1 rings (SSSR count). The van der Waals surface area contributed by atoms with Gasteiger partial charge in [-0.2, -0.15) is 0 Å². The lowest BCUT2D eigenvalue weighted by atomic mass is 9.84. The van der Waals surface area contributed by atoms with Crippen LogP contribution in [0.3, 0.4) is 0 Å². The predicted octanol–water partition coefficient (Wildman–Crippen LogP) is 0.370. The molecule has 2 unspecified atom stereocenters. The number of rotatable bonds is 1. The van der Waals surface area contributed by atoms with E-state index in [0.29, 0.717) is 0 Å². The van der Waals surface area contributed by atoms with Crippen molar-refractivity contribution in [3.05, 3.63) is 0 Å². The number of nitrogens with one attached hydrogen (secondary N) is 1. The van der Waals surface area contributed by atoms with Gasteiger partial charge in [0, 0.05) is 12.5 Å². The number of piperidine rings is 1. The van der Waals surface area contributed by atoms with Crippen molar-refractivity contribution in [1.82, 2.24) is 5.32 Å². The van der Waals surface area contributed by atoms with Crippen LogP contribution in [0.15, 0.2) is 0 Å². The molecule has 1 saturated heterocycles. The fraction of sp³-hybridized carbons (Fsp3) is 0.778. The van der Waals surface area contributed by atoms with Crippen molar-refractivity contribution in [3.8, 4) is 12.3 Å². The van der Waals surface area contributed by atoms with Crippen molar-refractivity contribution >= 4 is 0 Å². The molecule has 0 amide bonds. The average molecular weight is 153 g/mol. The maximum Gasteiger partial charge on any atom is 0.126 e. The Kier molecular flexibility index (Phi) is 2.53. The third-order valence-corrected chi connectivity index (χ3v) is 2.38. The lowest BCUT2D eigenvalue weighted by Gasteiger charge is -2.31. The van der Waals surface area contributed by atoms with Gasteiger partial charge in [-0.15, -0.1) is 6.42 Å². The summed E-state index contributed by atoms with van der Waals surface area (Å²) in [5, 5.41) is 12.9. The molecule has 11 heavy (non-hydrogen) atoms. The van der Waals surface area contributed by atoms with Gasteiger partial charge in [0.2, 0.25) is 0 Å². The molecule has 62 valence electrons. The molecule has 2 atom stereocenters. The van der Waals surface area contributed by atoms with Crippen molar-refractivity contribution in [2.75, 3.05) is 13.1 Å². The van der Waals surface area contributed by atoms with Gasteiger partial charge in [-0.05, 0) is 26.3 Å². The van der Waals surface area contributed by atoms with Gasteiger partial charge in [-0.25, -0.2) is 0 Å². The summed E-state index contributed by atoms with van der Waals surface area (Å²) < 4.78 is 0. The molecule has 0 radical (unpaired) electrons. The van der Waals surface area contributed by atoms with Gasteiger partial charge in [-0.1, -0.05) is 5.92 Å². The molecule has 0 saturated carbocycles. The molecule has 0 bridgehead atoms. The summed E-state index contributed by atoms with van der Waals surface area (Å²) in [6.45, 7) is 3.61. The zero-order chi connectivity index (χ0) is 8.32. The summed E-state index contributed by atoms with van der Waals surface area (Å²) in [5.74, 6) is 2.65. The van der Waals surface area contributed by atoms with Crippen molar-refractivity contribution in [3.63, 3.8) is 0 Å². The van der Waals surface area contributed by atoms with Crippen LogP contribution in [0.25, 0.3) is 0 Å². The Balaban J connectivity index is 2.52. The Bertz CT molecular complexity index is 163. The van der Waals surface area contributed by atoms with Crippen molar-refractivity contribution in [2.45, 2.75) is 25.4 Å². The van der Waals surface area contributed by atoms with E-state index in [9.17, 15) is 5.11 Å². The Morgan fingerprint density at radius 1 is 1.73 bits per heavy atom.